The van der Waals surface area contributed by atoms with Crippen LogP contribution in [0, 0.1) is 0 Å². The van der Waals surface area contributed by atoms with Crippen LogP contribution in [0.15, 0.2) is 103 Å². The van der Waals surface area contributed by atoms with Crippen LogP contribution in [-0.4, -0.2) is 74.7 Å². The molecule has 11 heteroatoms. The summed E-state index contributed by atoms with van der Waals surface area (Å²) in [6.07, 6.45) is 6.48. The van der Waals surface area contributed by atoms with Crippen molar-refractivity contribution in [2.75, 3.05) is 37.7 Å². The van der Waals surface area contributed by atoms with E-state index < -0.39 is 0 Å². The molecule has 9 rings (SSSR count). The van der Waals surface area contributed by atoms with Gasteiger partial charge in [0, 0.05) is 90.8 Å². The van der Waals surface area contributed by atoms with E-state index in [-0.39, 0.29) is 36.0 Å². The van der Waals surface area contributed by atoms with Crippen LogP contribution in [0.4, 0.5) is 11.4 Å². The second kappa shape index (κ2) is 16.4. The van der Waals surface area contributed by atoms with E-state index in [0.717, 1.165) is 91.8 Å². The molecule has 1 saturated heterocycles. The minimum atomic E-state index is -0.172. The van der Waals surface area contributed by atoms with Gasteiger partial charge in [0.15, 0.2) is 0 Å². The zero-order valence-corrected chi connectivity index (χ0v) is 33.6. The summed E-state index contributed by atoms with van der Waals surface area (Å²) in [7, 11) is 2.00. The first-order valence-corrected chi connectivity index (χ1v) is 20.1. The minimum absolute atomic E-state index is 0. The van der Waals surface area contributed by atoms with Crippen molar-refractivity contribution in [3.8, 4) is 17.0 Å². The first-order chi connectivity index (χ1) is 27.3. The lowest BCUT2D eigenvalue weighted by atomic mass is 9.92. The molecule has 0 radical (unpaired) electrons. The fourth-order valence-corrected chi connectivity index (χ4v) is 9.07. The molecular weight excluding hydrogens is 757 g/mol. The Kier molecular flexibility index (Phi) is 11.2. The lowest BCUT2D eigenvalue weighted by Crippen LogP contribution is -2.52. The van der Waals surface area contributed by atoms with Crippen LogP contribution in [-0.2, 0) is 37.7 Å². The molecule has 0 spiro atoms. The summed E-state index contributed by atoms with van der Waals surface area (Å²) in [5.41, 5.74) is 8.51. The number of aryl methyl sites for hydroxylation is 1. The van der Waals surface area contributed by atoms with Crippen molar-refractivity contribution in [1.82, 2.24) is 18.9 Å². The van der Waals surface area contributed by atoms with Crippen LogP contribution < -0.4 is 4.90 Å². The molecule has 294 valence electrons. The topological polar surface area (TPSA) is 83.2 Å². The molecule has 1 N–H and O–H groups in total. The maximum Gasteiger partial charge on any atom is 0.264 e. The maximum atomic E-state index is 15.2. The highest BCUT2D eigenvalue weighted by molar-refractivity contribution is 6.31. The molecule has 6 aromatic rings. The molecule has 57 heavy (non-hydrogen) atoms. The lowest BCUT2D eigenvalue weighted by molar-refractivity contribution is 0.0193. The van der Waals surface area contributed by atoms with E-state index in [9.17, 15) is 5.11 Å². The van der Waals surface area contributed by atoms with Crippen molar-refractivity contribution in [2.24, 2.45) is 7.05 Å². The molecule has 0 bridgehead atoms. The van der Waals surface area contributed by atoms with Gasteiger partial charge in [0.2, 0.25) is 0 Å². The number of carbonyl (C=O) groups is 2. The number of ether oxygens (including phenoxy) is 1. The highest BCUT2D eigenvalue weighted by atomic mass is 35.5. The first kappa shape index (κ1) is 38.8. The van der Waals surface area contributed by atoms with Crippen LogP contribution in [0.3, 0.4) is 0 Å². The third-order valence-corrected chi connectivity index (χ3v) is 12.1. The number of carbonyl (C=O) groups excluding carboxylic acids is 2. The fourth-order valence-electron chi connectivity index (χ4n) is 8.90. The summed E-state index contributed by atoms with van der Waals surface area (Å²) in [6, 6.07) is 30.8. The Morgan fingerprint density at radius 2 is 1.61 bits per heavy atom. The van der Waals surface area contributed by atoms with Crippen LogP contribution in [0.2, 0.25) is 5.02 Å². The van der Waals surface area contributed by atoms with Gasteiger partial charge in [-0.15, -0.1) is 12.4 Å². The third-order valence-electron chi connectivity index (χ3n) is 11.9. The number of phenolic OH excluding ortho intramolecular Hbond substituents is 1. The van der Waals surface area contributed by atoms with Crippen LogP contribution >= 0.6 is 24.0 Å². The molecule has 5 heterocycles. The summed E-state index contributed by atoms with van der Waals surface area (Å²) in [5.74, 6) is -0.0843. The van der Waals surface area contributed by atoms with Crippen LogP contribution in [0.5, 0.6) is 5.75 Å². The highest BCUT2D eigenvalue weighted by Gasteiger charge is 2.35. The number of hydrogen-bond acceptors (Lipinski definition) is 5. The largest absolute Gasteiger partial charge is 0.508 e. The van der Waals surface area contributed by atoms with Gasteiger partial charge in [0.05, 0.1) is 24.5 Å². The molecule has 4 aromatic carbocycles. The van der Waals surface area contributed by atoms with E-state index in [1.165, 1.54) is 11.1 Å². The maximum absolute atomic E-state index is 15.2. The zero-order valence-electron chi connectivity index (χ0n) is 32.1. The fraction of sp³-hybridized carbons (Fsp3) is 0.304. The van der Waals surface area contributed by atoms with E-state index in [4.69, 9.17) is 16.3 Å². The first-order valence-electron chi connectivity index (χ1n) is 19.7. The van der Waals surface area contributed by atoms with Crippen molar-refractivity contribution in [3.05, 3.63) is 136 Å². The molecule has 1 fully saturated rings. The number of aromatic hydroxyl groups is 1. The zero-order chi connectivity index (χ0) is 38.3. The van der Waals surface area contributed by atoms with E-state index in [1.807, 2.05) is 60.3 Å². The number of halogens is 2. The van der Waals surface area contributed by atoms with Gasteiger partial charge in [0.1, 0.15) is 5.75 Å². The number of benzene rings is 4. The van der Waals surface area contributed by atoms with Gasteiger partial charge >= 0.3 is 0 Å². The second-order valence-electron chi connectivity index (χ2n) is 15.3. The molecule has 3 aliphatic heterocycles. The number of anilines is 2. The third kappa shape index (κ3) is 7.57. The Morgan fingerprint density at radius 1 is 0.842 bits per heavy atom. The van der Waals surface area contributed by atoms with Crippen molar-refractivity contribution >= 4 is 58.1 Å². The predicted octanol–water partition coefficient (Wildman–Crippen LogP) is 9.03. The molecule has 9 nitrogen and oxygen atoms in total. The van der Waals surface area contributed by atoms with Crippen LogP contribution in [0.25, 0.3) is 22.2 Å². The number of fused-ring (bicyclic) bond motifs is 3. The van der Waals surface area contributed by atoms with E-state index in [0.29, 0.717) is 41.6 Å². The Balaban J connectivity index is 0.00000455. The second-order valence-corrected chi connectivity index (χ2v) is 15.8. The summed E-state index contributed by atoms with van der Waals surface area (Å²) < 4.78 is 9.96. The Morgan fingerprint density at radius 3 is 2.42 bits per heavy atom. The number of rotatable bonds is 7. The number of morpholine rings is 1. The average molecular weight is 805 g/mol. The molecule has 0 unspecified atom stereocenters. The predicted molar refractivity (Wildman–Crippen MR) is 228 cm³/mol. The Bertz CT molecular complexity index is 2430. The van der Waals surface area contributed by atoms with Crippen molar-refractivity contribution < 1.29 is 19.4 Å². The summed E-state index contributed by atoms with van der Waals surface area (Å²) in [4.78, 5) is 36.5. The molecule has 0 aliphatic carbocycles. The summed E-state index contributed by atoms with van der Waals surface area (Å²) >= 11 is 6.79. The van der Waals surface area contributed by atoms with Gasteiger partial charge < -0.3 is 23.9 Å². The summed E-state index contributed by atoms with van der Waals surface area (Å²) in [5, 5.41) is 11.8. The number of amides is 2. The molecule has 0 saturated carbocycles. The van der Waals surface area contributed by atoms with Gasteiger partial charge in [-0.05, 0) is 109 Å². The molecule has 1 atom stereocenters. The smallest absolute Gasteiger partial charge is 0.264 e. The SMILES string of the molecule is Cl.Cn1ccc2ccc(N(C(=O)c3cc(-c4cc(Cl)ccc4C(=O)N4Cc5ccccc5C[C@H]4CN4CCOCC4)n4c3CCCCC4)c3ccc(O)cc3)cc21. The monoisotopic (exact) mass is 803 g/mol. The number of aromatic nitrogens is 2. The van der Waals surface area contributed by atoms with E-state index in [1.54, 1.807) is 35.2 Å². The normalized spacial score (nSPS) is 17.0. The highest BCUT2D eigenvalue weighted by Crippen LogP contribution is 2.39. The number of nitrogens with zero attached hydrogens (tertiary/aromatic N) is 5. The van der Waals surface area contributed by atoms with Gasteiger partial charge in [-0.1, -0.05) is 48.4 Å². The van der Waals surface area contributed by atoms with Gasteiger partial charge in [-0.2, -0.15) is 0 Å². The molecule has 2 aromatic heterocycles. The van der Waals surface area contributed by atoms with Crippen molar-refractivity contribution in [1.29, 1.82) is 0 Å². The van der Waals surface area contributed by atoms with E-state index in [2.05, 4.69) is 38.6 Å². The van der Waals surface area contributed by atoms with E-state index >= 15 is 9.59 Å². The van der Waals surface area contributed by atoms with Gasteiger partial charge in [-0.3, -0.25) is 19.4 Å². The number of hydrogen-bond donors (Lipinski definition) is 1. The summed E-state index contributed by atoms with van der Waals surface area (Å²) in [6.45, 7) is 5.11. The Hall–Kier alpha value is -5.06. The van der Waals surface area contributed by atoms with Crippen molar-refractivity contribution in [3.63, 3.8) is 0 Å². The molecule has 2 amide bonds. The minimum Gasteiger partial charge on any atom is -0.508 e. The van der Waals surface area contributed by atoms with Crippen LogP contribution in [0.1, 0.15) is 56.8 Å². The quantitative estimate of drug-likeness (QED) is 0.174. The van der Waals surface area contributed by atoms with Gasteiger partial charge in [-0.25, -0.2) is 0 Å². The average Bonchev–Trinajstić information content (AvgIpc) is 3.67. The number of phenols is 1. The molecule has 3 aliphatic rings. The van der Waals surface area contributed by atoms with Gasteiger partial charge in [0.25, 0.3) is 11.8 Å². The van der Waals surface area contributed by atoms with Crippen molar-refractivity contribution in [2.45, 2.75) is 51.2 Å². The molecular formula is C46H47Cl2N5O4. The Labute approximate surface area is 344 Å². The lowest BCUT2D eigenvalue weighted by Gasteiger charge is -2.40. The standard InChI is InChI=1S/C46H46ClN5O4.ClH/c1-48-20-18-31-10-12-36(27-43(31)48)52(35-13-15-38(53)16-14-35)46(55)41-28-44(50-19-6-2-3-9-42(41)50)40-26-34(47)11-17-39(40)45(54)51-29-33-8-5-4-7-32(33)25-37(51)30-49-21-23-56-24-22-49;/h4-5,7-8,10-18,20,26-28,37,53H,2-3,6,9,19,21-25,29-30H2,1H3;1H/t37-;/m0./s1.